The van der Waals surface area contributed by atoms with Gasteiger partial charge in [-0.2, -0.15) is 4.98 Å². The molecule has 0 saturated carbocycles. The van der Waals surface area contributed by atoms with Crippen molar-refractivity contribution in [2.75, 3.05) is 18.4 Å². The van der Waals surface area contributed by atoms with Crippen molar-refractivity contribution in [1.82, 2.24) is 24.8 Å². The zero-order chi connectivity index (χ0) is 22.6. The first-order valence-corrected chi connectivity index (χ1v) is 11.3. The molecular formula is C25H26F2N6. The van der Waals surface area contributed by atoms with Crippen LogP contribution in [0.5, 0.6) is 0 Å². The molecule has 5 rings (SSSR count). The number of nitrogens with one attached hydrogen (secondary N) is 2. The Labute approximate surface area is 191 Å². The number of imidazole rings is 1. The Morgan fingerprint density at radius 1 is 1.03 bits per heavy atom. The molecule has 33 heavy (non-hydrogen) atoms. The van der Waals surface area contributed by atoms with Gasteiger partial charge < -0.3 is 15.2 Å². The lowest BCUT2D eigenvalue weighted by molar-refractivity contribution is 0.337. The third kappa shape index (κ3) is 5.01. The van der Waals surface area contributed by atoms with E-state index in [4.69, 9.17) is 9.97 Å². The standard InChI is InChI=1S/C25H26F2N6/c26-20-9-8-18(11-21(20)27)14-29-25-30-15-22-24(32-25)33(16-19-7-4-10-28-13-19)23(31-22)12-17-5-2-1-3-6-17/h1-3,5-6,8-9,11,15,19,28H,4,7,10,12-14,16H2,(H,29,30,32)/t19-/m1/s1. The summed E-state index contributed by atoms with van der Waals surface area (Å²) in [5, 5.41) is 6.61. The molecule has 3 heterocycles. The first-order chi connectivity index (χ1) is 16.2. The van der Waals surface area contributed by atoms with E-state index in [9.17, 15) is 8.78 Å². The quantitative estimate of drug-likeness (QED) is 0.441. The Hall–Kier alpha value is -3.39. The molecule has 4 aromatic rings. The number of benzene rings is 2. The number of piperidine rings is 1. The molecule has 0 unspecified atom stereocenters. The summed E-state index contributed by atoms with van der Waals surface area (Å²) >= 11 is 0. The van der Waals surface area contributed by atoms with E-state index in [0.717, 1.165) is 49.1 Å². The van der Waals surface area contributed by atoms with Gasteiger partial charge in [-0.15, -0.1) is 0 Å². The second kappa shape index (κ2) is 9.62. The molecular weight excluding hydrogens is 422 g/mol. The highest BCUT2D eigenvalue weighted by molar-refractivity contribution is 5.72. The Morgan fingerprint density at radius 3 is 2.70 bits per heavy atom. The van der Waals surface area contributed by atoms with E-state index in [1.165, 1.54) is 24.5 Å². The number of aromatic nitrogens is 4. The van der Waals surface area contributed by atoms with Crippen molar-refractivity contribution >= 4 is 17.1 Å². The molecule has 0 spiro atoms. The molecule has 0 amide bonds. The summed E-state index contributed by atoms with van der Waals surface area (Å²) in [5.41, 5.74) is 3.35. The SMILES string of the molecule is Fc1ccc(CNc2ncc3nc(Cc4ccccc4)n(C[C@@H]4CCCNC4)c3n2)cc1F. The van der Waals surface area contributed by atoms with Crippen LogP contribution in [0, 0.1) is 17.6 Å². The highest BCUT2D eigenvalue weighted by Gasteiger charge is 2.20. The van der Waals surface area contributed by atoms with E-state index < -0.39 is 11.6 Å². The zero-order valence-electron chi connectivity index (χ0n) is 18.3. The van der Waals surface area contributed by atoms with Gasteiger partial charge in [0.15, 0.2) is 17.3 Å². The van der Waals surface area contributed by atoms with Crippen molar-refractivity contribution in [3.8, 4) is 0 Å². The van der Waals surface area contributed by atoms with Gasteiger partial charge in [-0.1, -0.05) is 36.4 Å². The molecule has 6 nitrogen and oxygen atoms in total. The van der Waals surface area contributed by atoms with Crippen LogP contribution in [0.1, 0.15) is 29.8 Å². The van der Waals surface area contributed by atoms with Gasteiger partial charge in [0.25, 0.3) is 0 Å². The van der Waals surface area contributed by atoms with Gasteiger partial charge in [-0.25, -0.2) is 18.7 Å². The number of rotatable bonds is 7. The molecule has 1 aliphatic rings. The minimum atomic E-state index is -0.865. The Balaban J connectivity index is 1.43. The number of fused-ring (bicyclic) bond motifs is 1. The fourth-order valence-corrected chi connectivity index (χ4v) is 4.32. The predicted octanol–water partition coefficient (Wildman–Crippen LogP) is 4.31. The predicted molar refractivity (Wildman–Crippen MR) is 124 cm³/mol. The number of hydrogen-bond acceptors (Lipinski definition) is 5. The molecule has 1 aliphatic heterocycles. The lowest BCUT2D eigenvalue weighted by Gasteiger charge is -2.24. The minimum Gasteiger partial charge on any atom is -0.350 e. The maximum Gasteiger partial charge on any atom is 0.225 e. The molecule has 1 atom stereocenters. The van der Waals surface area contributed by atoms with Crippen molar-refractivity contribution in [3.05, 3.63) is 83.3 Å². The van der Waals surface area contributed by atoms with Crippen LogP contribution < -0.4 is 10.6 Å². The van der Waals surface area contributed by atoms with Crippen LogP contribution in [-0.2, 0) is 19.5 Å². The molecule has 8 heteroatoms. The van der Waals surface area contributed by atoms with Crippen LogP contribution >= 0.6 is 0 Å². The third-order valence-corrected chi connectivity index (χ3v) is 6.05. The lowest BCUT2D eigenvalue weighted by Crippen LogP contribution is -2.32. The van der Waals surface area contributed by atoms with Crippen molar-refractivity contribution in [2.45, 2.75) is 32.4 Å². The molecule has 170 valence electrons. The number of hydrogen-bond donors (Lipinski definition) is 2. The average molecular weight is 449 g/mol. The van der Waals surface area contributed by atoms with E-state index in [-0.39, 0.29) is 0 Å². The summed E-state index contributed by atoms with van der Waals surface area (Å²) in [4.78, 5) is 14.0. The fraction of sp³-hybridized carbons (Fsp3) is 0.320. The van der Waals surface area contributed by atoms with Crippen molar-refractivity contribution in [1.29, 1.82) is 0 Å². The smallest absolute Gasteiger partial charge is 0.225 e. The van der Waals surface area contributed by atoms with Crippen LogP contribution in [0.15, 0.2) is 54.7 Å². The summed E-state index contributed by atoms with van der Waals surface area (Å²) in [6.07, 6.45) is 4.78. The Morgan fingerprint density at radius 2 is 1.91 bits per heavy atom. The molecule has 1 fully saturated rings. The van der Waals surface area contributed by atoms with Crippen LogP contribution in [-0.4, -0.2) is 32.6 Å². The van der Waals surface area contributed by atoms with Crippen molar-refractivity contribution in [2.24, 2.45) is 5.92 Å². The maximum absolute atomic E-state index is 13.5. The third-order valence-electron chi connectivity index (χ3n) is 6.05. The number of anilines is 1. The van der Waals surface area contributed by atoms with Crippen molar-refractivity contribution in [3.63, 3.8) is 0 Å². The van der Waals surface area contributed by atoms with E-state index in [0.29, 0.717) is 24.0 Å². The van der Waals surface area contributed by atoms with E-state index in [1.54, 1.807) is 12.3 Å². The first kappa shape index (κ1) is 21.5. The van der Waals surface area contributed by atoms with Gasteiger partial charge in [0.1, 0.15) is 11.3 Å². The van der Waals surface area contributed by atoms with Crippen LogP contribution in [0.3, 0.4) is 0 Å². The Bertz CT molecular complexity index is 1230. The van der Waals surface area contributed by atoms with E-state index in [2.05, 4.69) is 32.3 Å². The highest BCUT2D eigenvalue weighted by Crippen LogP contribution is 2.22. The van der Waals surface area contributed by atoms with Crippen LogP contribution in [0.2, 0.25) is 0 Å². The molecule has 2 N–H and O–H groups in total. The zero-order valence-corrected chi connectivity index (χ0v) is 18.3. The summed E-state index contributed by atoms with van der Waals surface area (Å²) in [6, 6.07) is 14.1. The Kier molecular flexibility index (Phi) is 6.26. The van der Waals surface area contributed by atoms with Gasteiger partial charge in [0.2, 0.25) is 5.95 Å². The maximum atomic E-state index is 13.5. The fourth-order valence-electron chi connectivity index (χ4n) is 4.32. The van der Waals surface area contributed by atoms with Crippen molar-refractivity contribution < 1.29 is 8.78 Å². The number of nitrogens with zero attached hydrogens (tertiary/aromatic N) is 4. The lowest BCUT2D eigenvalue weighted by atomic mass is 9.99. The van der Waals surface area contributed by atoms with Gasteiger partial charge >= 0.3 is 0 Å². The molecule has 2 aromatic carbocycles. The second-order valence-corrected chi connectivity index (χ2v) is 8.52. The number of halogens is 2. The van der Waals surface area contributed by atoms with Gasteiger partial charge in [0, 0.05) is 19.5 Å². The van der Waals surface area contributed by atoms with Crippen LogP contribution in [0.4, 0.5) is 14.7 Å². The molecule has 0 radical (unpaired) electrons. The molecule has 0 bridgehead atoms. The minimum absolute atomic E-state index is 0.292. The average Bonchev–Trinajstić information content (AvgIpc) is 3.17. The summed E-state index contributed by atoms with van der Waals surface area (Å²) in [7, 11) is 0. The van der Waals surface area contributed by atoms with E-state index >= 15 is 0 Å². The molecule has 2 aromatic heterocycles. The van der Waals surface area contributed by atoms with Crippen LogP contribution in [0.25, 0.3) is 11.2 Å². The monoisotopic (exact) mass is 448 g/mol. The van der Waals surface area contributed by atoms with E-state index in [1.807, 2.05) is 18.2 Å². The molecule has 0 aliphatic carbocycles. The molecule has 1 saturated heterocycles. The summed E-state index contributed by atoms with van der Waals surface area (Å²) in [5.74, 6) is 0.188. The topological polar surface area (TPSA) is 67.7 Å². The normalized spacial score (nSPS) is 16.2. The van der Waals surface area contributed by atoms with Gasteiger partial charge in [-0.05, 0) is 55.1 Å². The van der Waals surface area contributed by atoms with Gasteiger partial charge in [-0.3, -0.25) is 0 Å². The highest BCUT2D eigenvalue weighted by atomic mass is 19.2. The largest absolute Gasteiger partial charge is 0.350 e. The van der Waals surface area contributed by atoms with Gasteiger partial charge in [0.05, 0.1) is 6.20 Å². The summed E-state index contributed by atoms with van der Waals surface area (Å²) in [6.45, 7) is 3.18. The summed E-state index contributed by atoms with van der Waals surface area (Å²) < 4.78 is 28.9. The first-order valence-electron chi connectivity index (χ1n) is 11.3. The second-order valence-electron chi connectivity index (χ2n) is 8.52.